The molecule has 0 fully saturated rings. The van der Waals surface area contributed by atoms with Gasteiger partial charge in [-0.05, 0) is 24.6 Å². The summed E-state index contributed by atoms with van der Waals surface area (Å²) in [5.74, 6) is 1.37. The van der Waals surface area contributed by atoms with Gasteiger partial charge in [-0.1, -0.05) is 49.7 Å². The van der Waals surface area contributed by atoms with Crippen LogP contribution in [0.1, 0.15) is 35.9 Å². The van der Waals surface area contributed by atoms with Gasteiger partial charge in [-0.15, -0.1) is 0 Å². The van der Waals surface area contributed by atoms with Crippen molar-refractivity contribution in [3.63, 3.8) is 0 Å². The molecule has 166 valence electrons. The van der Waals surface area contributed by atoms with E-state index in [0.29, 0.717) is 37.7 Å². The van der Waals surface area contributed by atoms with Crippen LogP contribution in [0.2, 0.25) is 0 Å². The molecule has 0 saturated carbocycles. The number of hydrogen-bond acceptors (Lipinski definition) is 5. The number of nitrogens with one attached hydrogen (secondary N) is 1. The summed E-state index contributed by atoms with van der Waals surface area (Å²) in [6.45, 7) is 4.25. The van der Waals surface area contributed by atoms with E-state index in [1.807, 2.05) is 36.4 Å². The van der Waals surface area contributed by atoms with Crippen molar-refractivity contribution in [2.24, 2.45) is 0 Å². The van der Waals surface area contributed by atoms with Crippen LogP contribution in [0, 0.1) is 0 Å². The number of aromatic nitrogens is 3. The second kappa shape index (κ2) is 10.2. The van der Waals surface area contributed by atoms with Gasteiger partial charge in [-0.3, -0.25) is 4.79 Å². The predicted octanol–water partition coefficient (Wildman–Crippen LogP) is 3.96. The SMILES string of the molecule is CCCCc1nc2c(N)nc3ccccc3c2n1CCOCCNC(=O)c1ccccc1. The topological polar surface area (TPSA) is 95.1 Å². The molecule has 0 saturated heterocycles. The van der Waals surface area contributed by atoms with Crippen molar-refractivity contribution >= 4 is 33.7 Å². The van der Waals surface area contributed by atoms with Crippen LogP contribution >= 0.6 is 0 Å². The number of carbonyl (C=O) groups excluding carboxylic acids is 1. The fraction of sp³-hybridized carbons (Fsp3) is 0.320. The number of fused-ring (bicyclic) bond motifs is 3. The molecule has 7 nitrogen and oxygen atoms in total. The third-order valence-electron chi connectivity index (χ3n) is 5.47. The lowest BCUT2D eigenvalue weighted by Gasteiger charge is -2.12. The number of ether oxygens (including phenoxy) is 1. The zero-order valence-electron chi connectivity index (χ0n) is 18.4. The number of benzene rings is 2. The number of imidazole rings is 1. The Labute approximate surface area is 187 Å². The summed E-state index contributed by atoms with van der Waals surface area (Å²) >= 11 is 0. The standard InChI is InChI=1S/C25H29N5O2/c1-2-3-13-21-29-22-23(19-11-7-8-12-20(19)28-24(22)26)30(21)15-17-32-16-14-27-25(31)18-9-5-4-6-10-18/h4-12H,2-3,13-17H2,1H3,(H2,26,28)(H,27,31). The smallest absolute Gasteiger partial charge is 0.251 e. The third-order valence-corrected chi connectivity index (χ3v) is 5.47. The highest BCUT2D eigenvalue weighted by atomic mass is 16.5. The van der Waals surface area contributed by atoms with Crippen LogP contribution in [0.5, 0.6) is 0 Å². The average Bonchev–Trinajstić information content (AvgIpc) is 3.19. The lowest BCUT2D eigenvalue weighted by molar-refractivity contribution is 0.0909. The summed E-state index contributed by atoms with van der Waals surface area (Å²) < 4.78 is 8.05. The molecule has 2 heterocycles. The van der Waals surface area contributed by atoms with Crippen molar-refractivity contribution in [3.05, 3.63) is 66.0 Å². The second-order valence-electron chi connectivity index (χ2n) is 7.73. The molecular weight excluding hydrogens is 402 g/mol. The maximum atomic E-state index is 12.1. The van der Waals surface area contributed by atoms with Gasteiger partial charge in [0.15, 0.2) is 5.82 Å². The molecule has 0 atom stereocenters. The zero-order valence-corrected chi connectivity index (χ0v) is 18.4. The zero-order chi connectivity index (χ0) is 22.3. The number of pyridine rings is 1. The third kappa shape index (κ3) is 4.73. The number of anilines is 1. The molecule has 4 aromatic rings. The summed E-state index contributed by atoms with van der Waals surface area (Å²) in [6.07, 6.45) is 3.03. The van der Waals surface area contributed by atoms with Crippen LogP contribution in [0.25, 0.3) is 21.9 Å². The van der Waals surface area contributed by atoms with Crippen molar-refractivity contribution in [3.8, 4) is 0 Å². The molecule has 0 aliphatic rings. The Bertz CT molecular complexity index is 1200. The number of aryl methyl sites for hydroxylation is 1. The van der Waals surface area contributed by atoms with Gasteiger partial charge in [0.2, 0.25) is 0 Å². The Hall–Kier alpha value is -3.45. The minimum absolute atomic E-state index is 0.0916. The Balaban J connectivity index is 1.44. The highest BCUT2D eigenvalue weighted by molar-refractivity contribution is 6.06. The summed E-state index contributed by atoms with van der Waals surface area (Å²) in [5.41, 5.74) is 9.53. The van der Waals surface area contributed by atoms with Crippen LogP contribution in [0.4, 0.5) is 5.82 Å². The van der Waals surface area contributed by atoms with Gasteiger partial charge < -0.3 is 20.4 Å². The first-order valence-electron chi connectivity index (χ1n) is 11.1. The molecule has 4 rings (SSSR count). The van der Waals surface area contributed by atoms with E-state index in [9.17, 15) is 4.79 Å². The molecule has 2 aromatic heterocycles. The number of para-hydroxylation sites is 1. The number of nitrogens with two attached hydrogens (primary N) is 1. The molecule has 0 aliphatic heterocycles. The van der Waals surface area contributed by atoms with E-state index in [0.717, 1.165) is 47.0 Å². The van der Waals surface area contributed by atoms with Crippen molar-refractivity contribution in [1.82, 2.24) is 19.9 Å². The van der Waals surface area contributed by atoms with E-state index >= 15 is 0 Å². The highest BCUT2D eigenvalue weighted by Crippen LogP contribution is 2.29. The number of amides is 1. The number of nitrogens with zero attached hydrogens (tertiary/aromatic N) is 3. The number of carbonyl (C=O) groups is 1. The van der Waals surface area contributed by atoms with Crippen molar-refractivity contribution < 1.29 is 9.53 Å². The molecule has 2 aromatic carbocycles. The fourth-order valence-corrected chi connectivity index (χ4v) is 3.86. The van der Waals surface area contributed by atoms with E-state index in [2.05, 4.69) is 27.9 Å². The molecule has 0 radical (unpaired) electrons. The van der Waals surface area contributed by atoms with Crippen LogP contribution < -0.4 is 11.1 Å². The molecular formula is C25H29N5O2. The molecule has 32 heavy (non-hydrogen) atoms. The largest absolute Gasteiger partial charge is 0.382 e. The molecule has 0 spiro atoms. The molecule has 1 amide bonds. The number of nitrogen functional groups attached to an aromatic ring is 1. The van der Waals surface area contributed by atoms with Gasteiger partial charge in [-0.2, -0.15) is 0 Å². The fourth-order valence-electron chi connectivity index (χ4n) is 3.86. The Morgan fingerprint density at radius 2 is 1.84 bits per heavy atom. The summed E-state index contributed by atoms with van der Waals surface area (Å²) in [5, 5.41) is 3.93. The van der Waals surface area contributed by atoms with Gasteiger partial charge in [0, 0.05) is 30.5 Å². The number of hydrogen-bond donors (Lipinski definition) is 2. The van der Waals surface area contributed by atoms with E-state index in [1.54, 1.807) is 12.1 Å². The van der Waals surface area contributed by atoms with E-state index < -0.39 is 0 Å². The van der Waals surface area contributed by atoms with Crippen LogP contribution in [0.15, 0.2) is 54.6 Å². The minimum atomic E-state index is -0.0916. The second-order valence-corrected chi connectivity index (χ2v) is 7.73. The lowest BCUT2D eigenvalue weighted by Crippen LogP contribution is -2.27. The Morgan fingerprint density at radius 1 is 1.06 bits per heavy atom. The minimum Gasteiger partial charge on any atom is -0.382 e. The van der Waals surface area contributed by atoms with Gasteiger partial charge in [0.05, 0.1) is 24.2 Å². The van der Waals surface area contributed by atoms with E-state index in [-0.39, 0.29) is 5.91 Å². The highest BCUT2D eigenvalue weighted by Gasteiger charge is 2.16. The maximum Gasteiger partial charge on any atom is 0.251 e. The van der Waals surface area contributed by atoms with Crippen molar-refractivity contribution in [2.75, 3.05) is 25.5 Å². The van der Waals surface area contributed by atoms with Gasteiger partial charge >= 0.3 is 0 Å². The van der Waals surface area contributed by atoms with E-state index in [4.69, 9.17) is 15.5 Å². The first kappa shape index (κ1) is 21.8. The Morgan fingerprint density at radius 3 is 2.66 bits per heavy atom. The van der Waals surface area contributed by atoms with Crippen molar-refractivity contribution in [1.29, 1.82) is 0 Å². The van der Waals surface area contributed by atoms with Crippen LogP contribution in [-0.4, -0.2) is 40.2 Å². The first-order valence-corrected chi connectivity index (χ1v) is 11.1. The van der Waals surface area contributed by atoms with Crippen LogP contribution in [-0.2, 0) is 17.7 Å². The number of unbranched alkanes of at least 4 members (excludes halogenated alkanes) is 1. The molecule has 0 bridgehead atoms. The molecule has 3 N–H and O–H groups in total. The summed E-state index contributed by atoms with van der Waals surface area (Å²) in [6, 6.07) is 17.2. The lowest BCUT2D eigenvalue weighted by atomic mass is 10.2. The van der Waals surface area contributed by atoms with Gasteiger partial charge in [0.25, 0.3) is 5.91 Å². The summed E-state index contributed by atoms with van der Waals surface area (Å²) in [7, 11) is 0. The normalized spacial score (nSPS) is 11.3. The monoisotopic (exact) mass is 431 g/mol. The molecule has 0 unspecified atom stereocenters. The predicted molar refractivity (Wildman–Crippen MR) is 128 cm³/mol. The quantitative estimate of drug-likeness (QED) is 0.371. The maximum absolute atomic E-state index is 12.1. The molecule has 7 heteroatoms. The van der Waals surface area contributed by atoms with Gasteiger partial charge in [0.1, 0.15) is 11.3 Å². The summed E-state index contributed by atoms with van der Waals surface area (Å²) in [4.78, 5) is 21.5. The van der Waals surface area contributed by atoms with Crippen LogP contribution in [0.3, 0.4) is 0 Å². The van der Waals surface area contributed by atoms with E-state index in [1.165, 1.54) is 0 Å². The van der Waals surface area contributed by atoms with Crippen molar-refractivity contribution in [2.45, 2.75) is 32.7 Å². The Kier molecular flexibility index (Phi) is 6.97. The first-order chi connectivity index (χ1) is 15.7. The average molecular weight is 432 g/mol. The van der Waals surface area contributed by atoms with Gasteiger partial charge in [-0.25, -0.2) is 9.97 Å². The molecule has 0 aliphatic carbocycles. The number of rotatable bonds is 10.